The van der Waals surface area contributed by atoms with Crippen molar-refractivity contribution in [2.75, 3.05) is 0 Å². The maximum Gasteiger partial charge on any atom is 0.488 e. The average molecular weight is 268 g/mol. The number of hydrogen-bond donors (Lipinski definition) is 4. The van der Waals surface area contributed by atoms with Gasteiger partial charge in [0, 0.05) is 23.2 Å². The molecule has 0 saturated carbocycles. The van der Waals surface area contributed by atoms with Gasteiger partial charge in [-0.25, -0.2) is 0 Å². The van der Waals surface area contributed by atoms with Gasteiger partial charge in [-0.3, -0.25) is 9.97 Å². The molecule has 2 heterocycles. The van der Waals surface area contributed by atoms with E-state index in [4.69, 9.17) is 0 Å². The minimum absolute atomic E-state index is 0.0311. The van der Waals surface area contributed by atoms with Gasteiger partial charge in [-0.15, -0.1) is 0 Å². The fraction of sp³-hybridized carbons (Fsp3) is 0. The van der Waals surface area contributed by atoms with Crippen LogP contribution in [0.15, 0.2) is 36.7 Å². The number of benzene rings is 1. The van der Waals surface area contributed by atoms with Crippen molar-refractivity contribution < 1.29 is 20.1 Å². The van der Waals surface area contributed by atoms with Crippen LogP contribution in [0.25, 0.3) is 21.8 Å². The second kappa shape index (κ2) is 4.84. The van der Waals surface area contributed by atoms with E-state index in [1.165, 1.54) is 0 Å². The van der Waals surface area contributed by atoms with Crippen LogP contribution in [0.5, 0.6) is 0 Å². The molecule has 20 heavy (non-hydrogen) atoms. The Labute approximate surface area is 114 Å². The van der Waals surface area contributed by atoms with Gasteiger partial charge in [-0.1, -0.05) is 12.1 Å². The molecule has 0 aliphatic rings. The van der Waals surface area contributed by atoms with Gasteiger partial charge < -0.3 is 20.1 Å². The highest BCUT2D eigenvalue weighted by Gasteiger charge is 2.29. The lowest BCUT2D eigenvalue weighted by Gasteiger charge is -2.15. The summed E-state index contributed by atoms with van der Waals surface area (Å²) < 4.78 is 0. The average Bonchev–Trinajstić information content (AvgIpc) is 2.45. The second-order valence-electron chi connectivity index (χ2n) is 4.37. The van der Waals surface area contributed by atoms with Gasteiger partial charge in [0.15, 0.2) is 0 Å². The Morgan fingerprint density at radius 1 is 0.700 bits per heavy atom. The lowest BCUT2D eigenvalue weighted by Crippen LogP contribution is -2.50. The summed E-state index contributed by atoms with van der Waals surface area (Å²) in [6.07, 6.45) is 3.14. The molecule has 0 aliphatic heterocycles. The molecule has 0 radical (unpaired) electrons. The molecule has 6 nitrogen and oxygen atoms in total. The summed E-state index contributed by atoms with van der Waals surface area (Å²) in [5, 5.41) is 39.2. The maximum atomic E-state index is 9.60. The zero-order valence-corrected chi connectivity index (χ0v) is 10.3. The normalized spacial score (nSPS) is 11.0. The highest BCUT2D eigenvalue weighted by atomic mass is 16.4. The monoisotopic (exact) mass is 268 g/mol. The molecule has 0 atom stereocenters. The zero-order valence-electron chi connectivity index (χ0n) is 10.3. The largest absolute Gasteiger partial charge is 0.488 e. The maximum absolute atomic E-state index is 9.60. The SMILES string of the molecule is OB(O)c1c(B(O)O)c2cccnc2c2ncccc12. The number of nitrogens with zero attached hydrogens (tertiary/aromatic N) is 2. The van der Waals surface area contributed by atoms with E-state index in [0.717, 1.165) is 0 Å². The van der Waals surface area contributed by atoms with Gasteiger partial charge in [0.1, 0.15) is 0 Å². The molecule has 0 saturated heterocycles. The van der Waals surface area contributed by atoms with Crippen molar-refractivity contribution in [3.8, 4) is 0 Å². The molecule has 3 rings (SSSR count). The topological polar surface area (TPSA) is 107 Å². The summed E-state index contributed by atoms with van der Waals surface area (Å²) in [7, 11) is -3.69. The van der Waals surface area contributed by atoms with Gasteiger partial charge in [-0.2, -0.15) is 0 Å². The molecule has 3 aromatic rings. The molecule has 0 fully saturated rings. The van der Waals surface area contributed by atoms with Crippen LogP contribution in [0.4, 0.5) is 0 Å². The summed E-state index contributed by atoms with van der Waals surface area (Å²) in [6.45, 7) is 0. The Morgan fingerprint density at radius 2 is 1.10 bits per heavy atom. The van der Waals surface area contributed by atoms with E-state index in [1.54, 1.807) is 36.7 Å². The van der Waals surface area contributed by atoms with E-state index in [1.807, 2.05) is 0 Å². The molecule has 0 bridgehead atoms. The predicted octanol–water partition coefficient (Wildman–Crippen LogP) is -1.86. The summed E-state index contributed by atoms with van der Waals surface area (Å²) >= 11 is 0. The van der Waals surface area contributed by atoms with Crippen molar-refractivity contribution in [3.05, 3.63) is 36.7 Å². The van der Waals surface area contributed by atoms with E-state index in [2.05, 4.69) is 9.97 Å². The predicted molar refractivity (Wildman–Crippen MR) is 76.7 cm³/mol. The summed E-state index contributed by atoms with van der Waals surface area (Å²) in [5.74, 6) is 0. The van der Waals surface area contributed by atoms with E-state index >= 15 is 0 Å². The minimum atomic E-state index is -1.84. The van der Waals surface area contributed by atoms with Crippen molar-refractivity contribution in [3.63, 3.8) is 0 Å². The molecular formula is C12H10B2N2O4. The van der Waals surface area contributed by atoms with Crippen LogP contribution in [-0.4, -0.2) is 44.3 Å². The Morgan fingerprint density at radius 3 is 1.45 bits per heavy atom. The molecule has 0 spiro atoms. The molecule has 98 valence electrons. The van der Waals surface area contributed by atoms with Crippen LogP contribution >= 0.6 is 0 Å². The minimum Gasteiger partial charge on any atom is -0.423 e. The number of rotatable bonds is 2. The molecular weight excluding hydrogens is 258 g/mol. The van der Waals surface area contributed by atoms with Crippen LogP contribution in [0.3, 0.4) is 0 Å². The first-order valence-corrected chi connectivity index (χ1v) is 5.98. The molecule has 0 unspecified atom stereocenters. The smallest absolute Gasteiger partial charge is 0.423 e. The lowest BCUT2D eigenvalue weighted by atomic mass is 9.63. The first-order valence-electron chi connectivity index (χ1n) is 5.98. The van der Waals surface area contributed by atoms with Gasteiger partial charge in [-0.05, 0) is 23.1 Å². The van der Waals surface area contributed by atoms with E-state index in [-0.39, 0.29) is 10.9 Å². The summed E-state index contributed by atoms with van der Waals surface area (Å²) in [4.78, 5) is 8.41. The molecule has 8 heteroatoms. The quantitative estimate of drug-likeness (QED) is 0.321. The van der Waals surface area contributed by atoms with Crippen molar-refractivity contribution >= 4 is 47.0 Å². The lowest BCUT2D eigenvalue weighted by molar-refractivity contribution is 0.420. The zero-order chi connectivity index (χ0) is 14.3. The van der Waals surface area contributed by atoms with Crippen molar-refractivity contribution in [2.45, 2.75) is 0 Å². The number of hydrogen-bond acceptors (Lipinski definition) is 6. The first kappa shape index (κ1) is 13.0. The van der Waals surface area contributed by atoms with Crippen LogP contribution < -0.4 is 10.9 Å². The number of fused-ring (bicyclic) bond motifs is 3. The first-order chi connectivity index (χ1) is 9.61. The van der Waals surface area contributed by atoms with Crippen LogP contribution in [0.2, 0.25) is 0 Å². The van der Waals surface area contributed by atoms with Crippen molar-refractivity contribution in [2.24, 2.45) is 0 Å². The van der Waals surface area contributed by atoms with E-state index < -0.39 is 14.2 Å². The standard InChI is InChI=1S/C12H10B2N2O4/c17-13(18)9-7-3-1-5-15-11(7)12-8(4-2-6-16-12)10(9)14(19)20/h1-6,17-20H. The van der Waals surface area contributed by atoms with E-state index in [0.29, 0.717) is 21.8 Å². The fourth-order valence-corrected chi connectivity index (χ4v) is 2.47. The third-order valence-electron chi connectivity index (χ3n) is 3.23. The van der Waals surface area contributed by atoms with Gasteiger partial charge in [0.25, 0.3) is 0 Å². The molecule has 4 N–H and O–H groups in total. The summed E-state index contributed by atoms with van der Waals surface area (Å²) in [6, 6.07) is 6.54. The fourth-order valence-electron chi connectivity index (χ4n) is 2.47. The van der Waals surface area contributed by atoms with Gasteiger partial charge in [0.2, 0.25) is 0 Å². The summed E-state index contributed by atoms with van der Waals surface area (Å²) in [5.41, 5.74) is 1.03. The Balaban J connectivity index is 2.62. The van der Waals surface area contributed by atoms with Crippen LogP contribution in [-0.2, 0) is 0 Å². The Kier molecular flexibility index (Phi) is 3.15. The molecule has 0 aliphatic carbocycles. The second-order valence-corrected chi connectivity index (χ2v) is 4.37. The van der Waals surface area contributed by atoms with E-state index in [9.17, 15) is 20.1 Å². The highest BCUT2D eigenvalue weighted by molar-refractivity contribution is 6.76. The highest BCUT2D eigenvalue weighted by Crippen LogP contribution is 2.19. The Bertz CT molecular complexity index is 728. The van der Waals surface area contributed by atoms with Crippen LogP contribution in [0, 0.1) is 0 Å². The number of aromatic nitrogens is 2. The van der Waals surface area contributed by atoms with Crippen molar-refractivity contribution in [1.82, 2.24) is 9.97 Å². The molecule has 1 aromatic carbocycles. The van der Waals surface area contributed by atoms with Gasteiger partial charge in [0.05, 0.1) is 11.0 Å². The Hall–Kier alpha value is -1.99. The molecule has 0 amide bonds. The van der Waals surface area contributed by atoms with Gasteiger partial charge >= 0.3 is 14.2 Å². The van der Waals surface area contributed by atoms with Crippen molar-refractivity contribution in [1.29, 1.82) is 0 Å². The third-order valence-corrected chi connectivity index (χ3v) is 3.23. The van der Waals surface area contributed by atoms with Crippen LogP contribution in [0.1, 0.15) is 0 Å². The third kappa shape index (κ3) is 1.86. The molecule has 2 aromatic heterocycles. The number of pyridine rings is 2.